The lowest BCUT2D eigenvalue weighted by molar-refractivity contribution is -0.288. The fourth-order valence-electron chi connectivity index (χ4n) is 3.71. The van der Waals surface area contributed by atoms with Crippen LogP contribution in [0.2, 0.25) is 0 Å². The Hall–Kier alpha value is -3.66. The summed E-state index contributed by atoms with van der Waals surface area (Å²) in [6.07, 6.45) is -6.19. The van der Waals surface area contributed by atoms with Gasteiger partial charge >= 0.3 is 23.9 Å². The lowest BCUT2D eigenvalue weighted by Crippen LogP contribution is -2.63. The molecule has 10 nitrogen and oxygen atoms in total. The summed E-state index contributed by atoms with van der Waals surface area (Å²) in [5.74, 6) is -2.29. The Labute approximate surface area is 196 Å². The summed E-state index contributed by atoms with van der Waals surface area (Å²) < 4.78 is 33.4. The molecule has 3 rings (SSSR count). The van der Waals surface area contributed by atoms with Gasteiger partial charge in [0.2, 0.25) is 12.4 Å². The zero-order valence-electron chi connectivity index (χ0n) is 19.2. The van der Waals surface area contributed by atoms with Crippen molar-refractivity contribution in [2.45, 2.75) is 58.4 Å². The highest BCUT2D eigenvalue weighted by Gasteiger charge is 2.53. The van der Waals surface area contributed by atoms with Crippen molar-refractivity contribution >= 4 is 34.6 Å². The monoisotopic (exact) mass is 474 g/mol. The largest absolute Gasteiger partial charge is 0.463 e. The molecule has 182 valence electrons. The molecule has 1 fully saturated rings. The predicted molar refractivity (Wildman–Crippen MR) is 117 cm³/mol. The van der Waals surface area contributed by atoms with Gasteiger partial charge in [-0.1, -0.05) is 36.4 Å². The molecule has 1 heterocycles. The maximum atomic E-state index is 11.9. The first-order chi connectivity index (χ1) is 16.2. The molecule has 10 heteroatoms. The molecule has 0 radical (unpaired) electrons. The summed E-state index contributed by atoms with van der Waals surface area (Å²) >= 11 is 0. The van der Waals surface area contributed by atoms with Crippen LogP contribution < -0.4 is 4.74 Å². The van der Waals surface area contributed by atoms with Gasteiger partial charge in [-0.15, -0.1) is 0 Å². The lowest BCUT2D eigenvalue weighted by atomic mass is 9.98. The molecule has 2 aromatic carbocycles. The first-order valence-corrected chi connectivity index (χ1v) is 10.6. The van der Waals surface area contributed by atoms with E-state index in [-0.39, 0.29) is 6.61 Å². The highest BCUT2D eigenvalue weighted by molar-refractivity contribution is 5.88. The number of hydrogen-bond acceptors (Lipinski definition) is 10. The van der Waals surface area contributed by atoms with Gasteiger partial charge in [-0.3, -0.25) is 19.2 Å². The van der Waals surface area contributed by atoms with E-state index in [0.29, 0.717) is 5.75 Å². The summed E-state index contributed by atoms with van der Waals surface area (Å²) in [5, 5.41) is 1.66. The molecule has 0 saturated carbocycles. The third kappa shape index (κ3) is 6.22. The Morgan fingerprint density at radius 2 is 1.32 bits per heavy atom. The first kappa shape index (κ1) is 25.0. The molecule has 5 atom stereocenters. The van der Waals surface area contributed by atoms with Crippen LogP contribution in [0.25, 0.3) is 10.8 Å². The number of rotatable bonds is 7. The van der Waals surface area contributed by atoms with Gasteiger partial charge in [-0.05, 0) is 11.5 Å². The number of carbonyl (C=O) groups is 4. The SMILES string of the molecule is CC(=O)OC[C@@H]1O[C@H](Oc2cccc3ccccc23)[C@H](OC(C)=O)[C@@H](OC(C)=O)[C@@H]1OC(C)=O. The van der Waals surface area contributed by atoms with Gasteiger partial charge in [0.05, 0.1) is 0 Å². The maximum absolute atomic E-state index is 11.9. The fraction of sp³-hybridized carbons (Fsp3) is 0.417. The average molecular weight is 474 g/mol. The Morgan fingerprint density at radius 1 is 0.735 bits per heavy atom. The molecular formula is C24H26O10. The van der Waals surface area contributed by atoms with Gasteiger partial charge in [-0.2, -0.15) is 0 Å². The van der Waals surface area contributed by atoms with Crippen LogP contribution in [0, 0.1) is 0 Å². The van der Waals surface area contributed by atoms with Crippen molar-refractivity contribution < 1.29 is 47.6 Å². The zero-order chi connectivity index (χ0) is 24.8. The molecule has 0 aromatic heterocycles. The molecule has 0 amide bonds. The van der Waals surface area contributed by atoms with Crippen LogP contribution >= 0.6 is 0 Å². The Kier molecular flexibility index (Phi) is 8.06. The van der Waals surface area contributed by atoms with Crippen LogP contribution in [0.4, 0.5) is 0 Å². The predicted octanol–water partition coefficient (Wildman–Crippen LogP) is 2.30. The van der Waals surface area contributed by atoms with Crippen LogP contribution in [0.15, 0.2) is 42.5 Å². The van der Waals surface area contributed by atoms with Crippen molar-refractivity contribution in [1.29, 1.82) is 0 Å². The van der Waals surface area contributed by atoms with Crippen molar-refractivity contribution in [3.05, 3.63) is 42.5 Å². The molecule has 1 aliphatic rings. The van der Waals surface area contributed by atoms with Gasteiger partial charge in [0.15, 0.2) is 12.2 Å². The van der Waals surface area contributed by atoms with Gasteiger partial charge in [0.1, 0.15) is 18.5 Å². The minimum Gasteiger partial charge on any atom is -0.463 e. The molecule has 0 bridgehead atoms. The standard InChI is InChI=1S/C24H26O10/c1-13(25)29-12-20-21(30-14(2)26)22(31-15(3)27)23(32-16(4)28)24(34-20)33-19-11-7-9-17-8-5-6-10-18(17)19/h5-11,20-24H,12H2,1-4H3/t20-,21+,22-,23+,24-/m0/s1. The van der Waals surface area contributed by atoms with E-state index in [1.165, 1.54) is 13.8 Å². The molecule has 1 aliphatic heterocycles. The normalized spacial score (nSPS) is 24.1. The van der Waals surface area contributed by atoms with E-state index in [1.54, 1.807) is 12.1 Å². The van der Waals surface area contributed by atoms with E-state index in [2.05, 4.69) is 0 Å². The third-order valence-corrected chi connectivity index (χ3v) is 4.94. The van der Waals surface area contributed by atoms with E-state index in [1.807, 2.05) is 30.3 Å². The van der Waals surface area contributed by atoms with Crippen molar-refractivity contribution in [2.75, 3.05) is 6.61 Å². The molecule has 0 N–H and O–H groups in total. The number of ether oxygens (including phenoxy) is 6. The maximum Gasteiger partial charge on any atom is 0.303 e. The smallest absolute Gasteiger partial charge is 0.303 e. The van der Waals surface area contributed by atoms with Crippen LogP contribution in [-0.2, 0) is 42.9 Å². The highest BCUT2D eigenvalue weighted by atomic mass is 16.7. The van der Waals surface area contributed by atoms with Crippen LogP contribution in [0.5, 0.6) is 5.75 Å². The summed E-state index contributed by atoms with van der Waals surface area (Å²) in [6, 6.07) is 12.8. The molecule has 34 heavy (non-hydrogen) atoms. The van der Waals surface area contributed by atoms with E-state index in [9.17, 15) is 19.2 Å². The number of carbonyl (C=O) groups excluding carboxylic acids is 4. The Bertz CT molecular complexity index is 1060. The minimum atomic E-state index is -1.29. The second-order valence-electron chi connectivity index (χ2n) is 7.66. The topological polar surface area (TPSA) is 124 Å². The molecule has 1 saturated heterocycles. The van der Waals surface area contributed by atoms with E-state index >= 15 is 0 Å². The number of fused-ring (bicyclic) bond motifs is 1. The molecule has 0 unspecified atom stereocenters. The van der Waals surface area contributed by atoms with Crippen molar-refractivity contribution in [2.24, 2.45) is 0 Å². The number of benzene rings is 2. The van der Waals surface area contributed by atoms with E-state index in [0.717, 1.165) is 24.6 Å². The Morgan fingerprint density at radius 3 is 1.97 bits per heavy atom. The van der Waals surface area contributed by atoms with Gasteiger partial charge in [0.25, 0.3) is 0 Å². The zero-order valence-corrected chi connectivity index (χ0v) is 19.2. The van der Waals surface area contributed by atoms with Gasteiger partial charge in [0, 0.05) is 33.1 Å². The molecule has 0 spiro atoms. The average Bonchev–Trinajstić information content (AvgIpc) is 2.75. The fourth-order valence-corrected chi connectivity index (χ4v) is 3.71. The van der Waals surface area contributed by atoms with Crippen LogP contribution in [0.3, 0.4) is 0 Å². The second kappa shape index (κ2) is 11.0. The second-order valence-corrected chi connectivity index (χ2v) is 7.66. The first-order valence-electron chi connectivity index (χ1n) is 10.6. The quantitative estimate of drug-likeness (QED) is 0.436. The van der Waals surface area contributed by atoms with Gasteiger partial charge in [-0.25, -0.2) is 0 Å². The summed E-state index contributed by atoms with van der Waals surface area (Å²) in [6.45, 7) is 4.37. The molecule has 2 aromatic rings. The van der Waals surface area contributed by atoms with Crippen LogP contribution in [-0.4, -0.2) is 61.2 Å². The Balaban J connectivity index is 2.03. The van der Waals surface area contributed by atoms with Crippen molar-refractivity contribution in [3.8, 4) is 5.75 Å². The molecular weight excluding hydrogens is 448 g/mol. The lowest BCUT2D eigenvalue weighted by Gasteiger charge is -2.44. The summed E-state index contributed by atoms with van der Waals surface area (Å²) in [7, 11) is 0. The van der Waals surface area contributed by atoms with E-state index in [4.69, 9.17) is 28.4 Å². The third-order valence-electron chi connectivity index (χ3n) is 4.94. The van der Waals surface area contributed by atoms with Crippen LogP contribution in [0.1, 0.15) is 27.7 Å². The highest BCUT2D eigenvalue weighted by Crippen LogP contribution is 2.33. The summed E-state index contributed by atoms with van der Waals surface area (Å²) in [5.41, 5.74) is 0. The number of hydrogen-bond donors (Lipinski definition) is 0. The van der Waals surface area contributed by atoms with Gasteiger partial charge < -0.3 is 28.4 Å². The summed E-state index contributed by atoms with van der Waals surface area (Å²) in [4.78, 5) is 47.1. The van der Waals surface area contributed by atoms with E-state index < -0.39 is 54.6 Å². The molecule has 0 aliphatic carbocycles. The van der Waals surface area contributed by atoms with Crippen molar-refractivity contribution in [3.63, 3.8) is 0 Å². The number of esters is 4. The minimum absolute atomic E-state index is 0.326. The van der Waals surface area contributed by atoms with Crippen molar-refractivity contribution in [1.82, 2.24) is 0 Å².